The molecule has 1 aliphatic carbocycles. The van der Waals surface area contributed by atoms with E-state index in [1.54, 1.807) is 7.11 Å². The van der Waals surface area contributed by atoms with Crippen molar-refractivity contribution in [2.24, 2.45) is 0 Å². The second-order valence-corrected chi connectivity index (χ2v) is 7.50. The van der Waals surface area contributed by atoms with Crippen molar-refractivity contribution in [1.29, 1.82) is 0 Å². The van der Waals surface area contributed by atoms with Crippen molar-refractivity contribution in [2.45, 2.75) is 51.2 Å². The van der Waals surface area contributed by atoms with E-state index < -0.39 is 0 Å². The number of hydrogen-bond donors (Lipinski definition) is 0. The summed E-state index contributed by atoms with van der Waals surface area (Å²) >= 11 is 1.94. The van der Waals surface area contributed by atoms with Crippen LogP contribution in [-0.2, 0) is 30.7 Å². The molecule has 124 valence electrons. The molecular weight excluding hydrogens is 312 g/mol. The molecule has 2 aromatic heterocycles. The van der Waals surface area contributed by atoms with Crippen molar-refractivity contribution in [3.05, 3.63) is 27.3 Å². The second kappa shape index (κ2) is 6.67. The van der Waals surface area contributed by atoms with Crippen LogP contribution in [0.4, 0.5) is 0 Å². The number of ether oxygens (including phenoxy) is 1. The van der Waals surface area contributed by atoms with Gasteiger partial charge in [-0.05, 0) is 38.6 Å². The minimum absolute atomic E-state index is 0.375. The molecule has 0 spiro atoms. The first-order valence-electron chi connectivity index (χ1n) is 8.33. The number of aromatic nitrogens is 3. The van der Waals surface area contributed by atoms with Gasteiger partial charge in [0.05, 0.1) is 17.2 Å². The van der Waals surface area contributed by atoms with Crippen LogP contribution in [0.2, 0.25) is 0 Å². The van der Waals surface area contributed by atoms with E-state index in [2.05, 4.69) is 15.0 Å². The van der Waals surface area contributed by atoms with Crippen LogP contribution in [0.15, 0.2) is 4.52 Å². The Kier molecular flexibility index (Phi) is 4.41. The SMILES string of the molecule is COCc1nc(CN2CCCC(c3nc4c(s3)CCC4)C2)no1. The van der Waals surface area contributed by atoms with Crippen LogP contribution in [0.3, 0.4) is 0 Å². The molecule has 0 saturated carbocycles. The molecule has 1 atom stereocenters. The smallest absolute Gasteiger partial charge is 0.252 e. The number of rotatable bonds is 5. The van der Waals surface area contributed by atoms with Crippen molar-refractivity contribution in [3.8, 4) is 0 Å². The van der Waals surface area contributed by atoms with Crippen LogP contribution in [0, 0.1) is 0 Å². The number of thiazole rings is 1. The first-order chi connectivity index (χ1) is 11.3. The molecule has 6 nitrogen and oxygen atoms in total. The normalized spacial score (nSPS) is 21.7. The van der Waals surface area contributed by atoms with E-state index in [0.717, 1.165) is 25.5 Å². The van der Waals surface area contributed by atoms with Crippen molar-refractivity contribution >= 4 is 11.3 Å². The highest BCUT2D eigenvalue weighted by molar-refractivity contribution is 7.11. The van der Waals surface area contributed by atoms with Gasteiger partial charge in [0.25, 0.3) is 5.89 Å². The van der Waals surface area contributed by atoms with Gasteiger partial charge in [-0.1, -0.05) is 5.16 Å². The highest BCUT2D eigenvalue weighted by Crippen LogP contribution is 2.35. The van der Waals surface area contributed by atoms with Crippen LogP contribution in [0.5, 0.6) is 0 Å². The van der Waals surface area contributed by atoms with Crippen LogP contribution < -0.4 is 0 Å². The maximum absolute atomic E-state index is 5.18. The van der Waals surface area contributed by atoms with Gasteiger partial charge in [0, 0.05) is 24.4 Å². The molecule has 3 heterocycles. The molecule has 0 amide bonds. The topological polar surface area (TPSA) is 64.3 Å². The van der Waals surface area contributed by atoms with Crippen LogP contribution >= 0.6 is 11.3 Å². The Morgan fingerprint density at radius 2 is 2.26 bits per heavy atom. The fraction of sp³-hybridized carbons (Fsp3) is 0.688. The van der Waals surface area contributed by atoms with Gasteiger partial charge >= 0.3 is 0 Å². The Labute approximate surface area is 139 Å². The molecule has 0 radical (unpaired) electrons. The molecule has 1 saturated heterocycles. The molecule has 2 aliphatic rings. The highest BCUT2D eigenvalue weighted by Gasteiger charge is 2.27. The van der Waals surface area contributed by atoms with E-state index in [0.29, 0.717) is 18.4 Å². The molecule has 23 heavy (non-hydrogen) atoms. The minimum Gasteiger partial charge on any atom is -0.375 e. The molecule has 4 rings (SSSR count). The summed E-state index contributed by atoms with van der Waals surface area (Å²) in [7, 11) is 1.63. The van der Waals surface area contributed by atoms with Crippen molar-refractivity contribution in [3.63, 3.8) is 0 Å². The third kappa shape index (κ3) is 3.32. The second-order valence-electron chi connectivity index (χ2n) is 6.39. The standard InChI is InChI=1S/C16H22N4O2S/c1-21-10-15-18-14(19-22-15)9-20-7-3-4-11(8-20)16-17-12-5-2-6-13(12)23-16/h11H,2-10H2,1H3. The first kappa shape index (κ1) is 15.2. The zero-order valence-corrected chi connectivity index (χ0v) is 14.3. The Hall–Kier alpha value is -1.31. The lowest BCUT2D eigenvalue weighted by atomic mass is 9.99. The largest absolute Gasteiger partial charge is 0.375 e. The summed E-state index contributed by atoms with van der Waals surface area (Å²) in [6.07, 6.45) is 6.14. The fourth-order valence-electron chi connectivity index (χ4n) is 3.52. The van der Waals surface area contributed by atoms with E-state index in [-0.39, 0.29) is 0 Å². The van der Waals surface area contributed by atoms with Crippen molar-refractivity contribution in [2.75, 3.05) is 20.2 Å². The predicted molar refractivity (Wildman–Crippen MR) is 86.4 cm³/mol. The van der Waals surface area contributed by atoms with E-state index in [1.165, 1.54) is 47.7 Å². The quantitative estimate of drug-likeness (QED) is 0.837. The van der Waals surface area contributed by atoms with E-state index in [9.17, 15) is 0 Å². The number of hydrogen-bond acceptors (Lipinski definition) is 7. The predicted octanol–water partition coefficient (Wildman–Crippen LogP) is 2.54. The number of likely N-dealkylation sites (tertiary alicyclic amines) is 1. The van der Waals surface area contributed by atoms with Gasteiger partial charge in [-0.25, -0.2) is 4.98 Å². The van der Waals surface area contributed by atoms with Gasteiger partial charge in [0.1, 0.15) is 6.61 Å². The van der Waals surface area contributed by atoms with Crippen LogP contribution in [0.25, 0.3) is 0 Å². The Bertz CT molecular complexity index is 647. The average Bonchev–Trinajstić information content (AvgIpc) is 3.24. The summed E-state index contributed by atoms with van der Waals surface area (Å²) in [4.78, 5) is 13.2. The number of piperidine rings is 1. The Balaban J connectivity index is 1.40. The molecule has 1 fully saturated rings. The molecule has 1 aliphatic heterocycles. The number of fused-ring (bicyclic) bond motifs is 1. The highest BCUT2D eigenvalue weighted by atomic mass is 32.1. The zero-order valence-electron chi connectivity index (χ0n) is 13.5. The zero-order chi connectivity index (χ0) is 15.6. The van der Waals surface area contributed by atoms with Gasteiger partial charge in [-0.3, -0.25) is 4.90 Å². The van der Waals surface area contributed by atoms with Gasteiger partial charge in [-0.2, -0.15) is 4.98 Å². The minimum atomic E-state index is 0.375. The van der Waals surface area contributed by atoms with E-state index in [4.69, 9.17) is 14.2 Å². The van der Waals surface area contributed by atoms with Gasteiger partial charge in [-0.15, -0.1) is 11.3 Å². The van der Waals surface area contributed by atoms with Gasteiger partial charge in [0.15, 0.2) is 5.82 Å². The molecule has 2 aromatic rings. The lowest BCUT2D eigenvalue weighted by molar-refractivity contribution is 0.151. The summed E-state index contributed by atoms with van der Waals surface area (Å²) in [6.45, 7) is 3.26. The van der Waals surface area contributed by atoms with Crippen molar-refractivity contribution in [1.82, 2.24) is 20.0 Å². The number of methoxy groups -OCH3 is 1. The fourth-order valence-corrected chi connectivity index (χ4v) is 4.80. The average molecular weight is 334 g/mol. The van der Waals surface area contributed by atoms with E-state index >= 15 is 0 Å². The van der Waals surface area contributed by atoms with Crippen LogP contribution in [0.1, 0.15) is 52.5 Å². The molecule has 7 heteroatoms. The lowest BCUT2D eigenvalue weighted by Crippen LogP contribution is -2.34. The van der Waals surface area contributed by atoms with Crippen molar-refractivity contribution < 1.29 is 9.26 Å². The summed E-state index contributed by atoms with van der Waals surface area (Å²) in [5, 5.41) is 5.39. The third-order valence-corrected chi connectivity index (χ3v) is 5.93. The lowest BCUT2D eigenvalue weighted by Gasteiger charge is -2.30. The number of aryl methyl sites for hydroxylation is 2. The summed E-state index contributed by atoms with van der Waals surface area (Å²) < 4.78 is 10.2. The number of nitrogens with zero attached hydrogens (tertiary/aromatic N) is 4. The molecule has 0 N–H and O–H groups in total. The molecule has 0 aromatic carbocycles. The Morgan fingerprint density at radius 1 is 1.30 bits per heavy atom. The molecule has 0 bridgehead atoms. The van der Waals surface area contributed by atoms with Gasteiger partial charge < -0.3 is 9.26 Å². The third-order valence-electron chi connectivity index (χ3n) is 4.61. The maximum Gasteiger partial charge on any atom is 0.252 e. The monoisotopic (exact) mass is 334 g/mol. The first-order valence-corrected chi connectivity index (χ1v) is 9.14. The maximum atomic E-state index is 5.18. The molecule has 1 unspecified atom stereocenters. The van der Waals surface area contributed by atoms with Gasteiger partial charge in [0.2, 0.25) is 0 Å². The van der Waals surface area contributed by atoms with E-state index in [1.807, 2.05) is 11.3 Å². The summed E-state index contributed by atoms with van der Waals surface area (Å²) in [5.41, 5.74) is 1.37. The summed E-state index contributed by atoms with van der Waals surface area (Å²) in [5.74, 6) is 1.86. The molecular formula is C16H22N4O2S. The summed E-state index contributed by atoms with van der Waals surface area (Å²) in [6, 6.07) is 0. The van der Waals surface area contributed by atoms with Crippen LogP contribution in [-0.4, -0.2) is 40.2 Å². The Morgan fingerprint density at radius 3 is 3.13 bits per heavy atom.